The minimum Gasteiger partial charge on any atom is -0.454 e. The maximum atomic E-state index is 12.7. The number of anilines is 2. The summed E-state index contributed by atoms with van der Waals surface area (Å²) in [6, 6.07) is 13.3. The van der Waals surface area contributed by atoms with Crippen LogP contribution in [0.4, 0.5) is 11.4 Å². The number of aromatic nitrogens is 1. The first-order valence-corrected chi connectivity index (χ1v) is 10.0. The fourth-order valence-electron chi connectivity index (χ4n) is 3.98. The molecule has 5 rings (SSSR count). The second kappa shape index (κ2) is 7.44. The predicted molar refractivity (Wildman–Crippen MR) is 113 cm³/mol. The van der Waals surface area contributed by atoms with Crippen molar-refractivity contribution in [1.82, 2.24) is 4.98 Å². The second-order valence-corrected chi connectivity index (χ2v) is 7.75. The summed E-state index contributed by atoms with van der Waals surface area (Å²) in [5.74, 6) is 1.42. The summed E-state index contributed by atoms with van der Waals surface area (Å²) < 4.78 is 10.7. The molecule has 1 amide bonds. The van der Waals surface area contributed by atoms with Crippen molar-refractivity contribution in [3.8, 4) is 11.5 Å². The SMILES string of the molecule is O=C(Nc1ccc2c(c1)OCO2)C1CCN(c2ccnc3cc(Cl)ccc23)CC1. The molecule has 0 radical (unpaired) electrons. The normalized spacial score (nSPS) is 16.2. The lowest BCUT2D eigenvalue weighted by Crippen LogP contribution is -2.38. The van der Waals surface area contributed by atoms with E-state index in [-0.39, 0.29) is 18.6 Å². The Morgan fingerprint density at radius 3 is 2.76 bits per heavy atom. The number of rotatable bonds is 3. The van der Waals surface area contributed by atoms with Gasteiger partial charge < -0.3 is 19.7 Å². The number of nitrogens with one attached hydrogen (secondary N) is 1. The van der Waals surface area contributed by atoms with Crippen molar-refractivity contribution in [2.45, 2.75) is 12.8 Å². The van der Waals surface area contributed by atoms with Gasteiger partial charge in [-0.3, -0.25) is 9.78 Å². The molecule has 0 unspecified atom stereocenters. The lowest BCUT2D eigenvalue weighted by Gasteiger charge is -2.33. The van der Waals surface area contributed by atoms with Crippen molar-refractivity contribution in [3.63, 3.8) is 0 Å². The molecule has 0 atom stereocenters. The molecule has 29 heavy (non-hydrogen) atoms. The maximum Gasteiger partial charge on any atom is 0.231 e. The van der Waals surface area contributed by atoms with Crippen LogP contribution in [0.25, 0.3) is 10.9 Å². The smallest absolute Gasteiger partial charge is 0.231 e. The zero-order valence-electron chi connectivity index (χ0n) is 15.7. The van der Waals surface area contributed by atoms with E-state index in [0.29, 0.717) is 16.5 Å². The molecule has 6 nitrogen and oxygen atoms in total. The van der Waals surface area contributed by atoms with Crippen LogP contribution in [0.15, 0.2) is 48.7 Å². The van der Waals surface area contributed by atoms with Gasteiger partial charge in [-0.15, -0.1) is 0 Å². The molecule has 1 saturated heterocycles. The van der Waals surface area contributed by atoms with Crippen LogP contribution in [-0.4, -0.2) is 30.8 Å². The fraction of sp³-hybridized carbons (Fsp3) is 0.273. The Hall–Kier alpha value is -2.99. The highest BCUT2D eigenvalue weighted by Gasteiger charge is 2.26. The topological polar surface area (TPSA) is 63.7 Å². The van der Waals surface area contributed by atoms with Crippen molar-refractivity contribution in [3.05, 3.63) is 53.7 Å². The highest BCUT2D eigenvalue weighted by Crippen LogP contribution is 2.35. The Bertz CT molecular complexity index is 1080. The molecule has 3 heterocycles. The first-order valence-electron chi connectivity index (χ1n) is 9.67. The molecule has 148 valence electrons. The minimum atomic E-state index is -0.0146. The van der Waals surface area contributed by atoms with E-state index < -0.39 is 0 Å². The number of fused-ring (bicyclic) bond motifs is 2. The summed E-state index contributed by atoms with van der Waals surface area (Å²) in [5, 5.41) is 4.78. The van der Waals surface area contributed by atoms with E-state index in [4.69, 9.17) is 21.1 Å². The molecule has 3 aromatic rings. The monoisotopic (exact) mass is 409 g/mol. The van der Waals surface area contributed by atoms with Gasteiger partial charge in [0.05, 0.1) is 5.52 Å². The predicted octanol–water partition coefficient (Wildman–Crippen LogP) is 4.47. The second-order valence-electron chi connectivity index (χ2n) is 7.31. The number of hydrogen-bond acceptors (Lipinski definition) is 5. The first-order chi connectivity index (χ1) is 14.2. The van der Waals surface area contributed by atoms with Crippen LogP contribution < -0.4 is 19.7 Å². The largest absolute Gasteiger partial charge is 0.454 e. The van der Waals surface area contributed by atoms with Gasteiger partial charge in [0.2, 0.25) is 12.7 Å². The van der Waals surface area contributed by atoms with Crippen molar-refractivity contribution in [1.29, 1.82) is 0 Å². The molecule has 2 aromatic carbocycles. The summed E-state index contributed by atoms with van der Waals surface area (Å²) >= 11 is 6.10. The zero-order chi connectivity index (χ0) is 19.8. The molecule has 1 N–H and O–H groups in total. The quantitative estimate of drug-likeness (QED) is 0.691. The van der Waals surface area contributed by atoms with Gasteiger partial charge in [-0.1, -0.05) is 11.6 Å². The molecule has 0 aliphatic carbocycles. The maximum absolute atomic E-state index is 12.7. The van der Waals surface area contributed by atoms with E-state index in [2.05, 4.69) is 15.2 Å². The molecule has 1 aromatic heterocycles. The molecule has 2 aliphatic heterocycles. The third kappa shape index (κ3) is 3.56. The number of piperidine rings is 1. The van der Waals surface area contributed by atoms with Crippen LogP contribution in [0, 0.1) is 5.92 Å². The van der Waals surface area contributed by atoms with Crippen molar-refractivity contribution in [2.24, 2.45) is 5.92 Å². The van der Waals surface area contributed by atoms with Crippen LogP contribution in [0.1, 0.15) is 12.8 Å². The number of amides is 1. The van der Waals surface area contributed by atoms with E-state index >= 15 is 0 Å². The highest BCUT2D eigenvalue weighted by atomic mass is 35.5. The van der Waals surface area contributed by atoms with Gasteiger partial charge in [0.1, 0.15) is 0 Å². The van der Waals surface area contributed by atoms with Gasteiger partial charge >= 0.3 is 0 Å². The molecule has 0 saturated carbocycles. The van der Waals surface area contributed by atoms with Crippen molar-refractivity contribution in [2.75, 3.05) is 30.1 Å². The van der Waals surface area contributed by atoms with Crippen LogP contribution in [0.3, 0.4) is 0 Å². The number of hydrogen-bond donors (Lipinski definition) is 1. The summed E-state index contributed by atoms with van der Waals surface area (Å²) in [5.41, 5.74) is 2.76. The standard InChI is InChI=1S/C22H20ClN3O3/c23-15-1-3-17-18(11-15)24-8-5-19(17)26-9-6-14(7-10-26)22(27)25-16-2-4-20-21(12-16)29-13-28-20/h1-5,8,11-12,14H,6-7,9-10,13H2,(H,25,27). The van der Waals surface area contributed by atoms with Gasteiger partial charge in [-0.05, 0) is 49.2 Å². The minimum absolute atomic E-state index is 0.0146. The average molecular weight is 410 g/mol. The van der Waals surface area contributed by atoms with E-state index in [1.54, 1.807) is 0 Å². The van der Waals surface area contributed by atoms with Gasteiger partial charge in [0, 0.05) is 53.1 Å². The van der Waals surface area contributed by atoms with Gasteiger partial charge in [-0.2, -0.15) is 0 Å². The van der Waals surface area contributed by atoms with Crippen LogP contribution in [-0.2, 0) is 4.79 Å². The van der Waals surface area contributed by atoms with E-state index in [0.717, 1.165) is 48.2 Å². The Morgan fingerprint density at radius 2 is 1.90 bits per heavy atom. The van der Waals surface area contributed by atoms with E-state index in [9.17, 15) is 4.79 Å². The Labute approximate surface area is 173 Å². The number of nitrogens with zero attached hydrogens (tertiary/aromatic N) is 2. The van der Waals surface area contributed by atoms with Gasteiger partial charge in [0.15, 0.2) is 11.5 Å². The highest BCUT2D eigenvalue weighted by molar-refractivity contribution is 6.31. The fourth-order valence-corrected chi connectivity index (χ4v) is 4.15. The number of halogens is 1. The Balaban J connectivity index is 1.25. The lowest BCUT2D eigenvalue weighted by molar-refractivity contribution is -0.120. The number of benzene rings is 2. The average Bonchev–Trinajstić information content (AvgIpc) is 3.21. The molecule has 0 spiro atoms. The summed E-state index contributed by atoms with van der Waals surface area (Å²) in [4.78, 5) is 19.5. The third-order valence-electron chi connectivity index (χ3n) is 5.53. The lowest BCUT2D eigenvalue weighted by atomic mass is 9.95. The number of ether oxygens (including phenoxy) is 2. The summed E-state index contributed by atoms with van der Waals surface area (Å²) in [6.07, 6.45) is 3.41. The van der Waals surface area contributed by atoms with Crippen LogP contribution in [0.2, 0.25) is 5.02 Å². The number of pyridine rings is 1. The zero-order valence-corrected chi connectivity index (χ0v) is 16.5. The number of carbonyl (C=O) groups excluding carboxylic acids is 1. The molecular weight excluding hydrogens is 390 g/mol. The molecule has 2 aliphatic rings. The first kappa shape index (κ1) is 18.1. The van der Waals surface area contributed by atoms with Crippen LogP contribution in [0.5, 0.6) is 11.5 Å². The van der Waals surface area contributed by atoms with E-state index in [1.165, 1.54) is 0 Å². The third-order valence-corrected chi connectivity index (χ3v) is 5.76. The van der Waals surface area contributed by atoms with Crippen molar-refractivity contribution >= 4 is 39.8 Å². The molecule has 0 bridgehead atoms. The van der Waals surface area contributed by atoms with E-state index in [1.807, 2.05) is 48.7 Å². The molecule has 7 heteroatoms. The van der Waals surface area contributed by atoms with Crippen molar-refractivity contribution < 1.29 is 14.3 Å². The summed E-state index contributed by atoms with van der Waals surface area (Å²) in [7, 11) is 0. The molecular formula is C22H20ClN3O3. The Morgan fingerprint density at radius 1 is 1.07 bits per heavy atom. The van der Waals surface area contributed by atoms with Gasteiger partial charge in [-0.25, -0.2) is 0 Å². The number of carbonyl (C=O) groups is 1. The Kier molecular flexibility index (Phi) is 4.64. The van der Waals surface area contributed by atoms with Gasteiger partial charge in [0.25, 0.3) is 0 Å². The van der Waals surface area contributed by atoms with Crippen LogP contribution >= 0.6 is 11.6 Å². The summed E-state index contributed by atoms with van der Waals surface area (Å²) in [6.45, 7) is 1.86. The molecule has 1 fully saturated rings.